The van der Waals surface area contributed by atoms with Crippen molar-refractivity contribution in [3.05, 3.63) is 66.1 Å². The number of carbonyl (C=O) groups excluding carboxylic acids is 5. The molecule has 49 heavy (non-hydrogen) atoms. The third-order valence-electron chi connectivity index (χ3n) is 9.06. The minimum absolute atomic E-state index is 0.152. The van der Waals surface area contributed by atoms with Gasteiger partial charge in [0, 0.05) is 31.2 Å². The smallest absolute Gasteiger partial charge is 0.407 e. The number of nitrogens with zero attached hydrogens (tertiary/aromatic N) is 3. The van der Waals surface area contributed by atoms with E-state index in [0.717, 1.165) is 48.1 Å². The average molecular weight is 674 g/mol. The van der Waals surface area contributed by atoms with E-state index in [1.165, 1.54) is 14.2 Å². The Kier molecular flexibility index (Phi) is 11.2. The van der Waals surface area contributed by atoms with Gasteiger partial charge in [0.1, 0.15) is 17.9 Å². The normalized spacial score (nSPS) is 18.4. The molecule has 5 rings (SSSR count). The monoisotopic (exact) mass is 673 g/mol. The molecule has 2 aromatic carbocycles. The van der Waals surface area contributed by atoms with Gasteiger partial charge in [-0.2, -0.15) is 0 Å². The summed E-state index contributed by atoms with van der Waals surface area (Å²) in [6.45, 7) is 4.72. The van der Waals surface area contributed by atoms with Gasteiger partial charge in [-0.15, -0.1) is 0 Å². The van der Waals surface area contributed by atoms with Gasteiger partial charge in [-0.1, -0.05) is 36.4 Å². The third kappa shape index (κ3) is 8.19. The molecule has 0 spiro atoms. The van der Waals surface area contributed by atoms with Gasteiger partial charge in [-0.05, 0) is 68.4 Å². The fourth-order valence-electron chi connectivity index (χ4n) is 6.37. The van der Waals surface area contributed by atoms with E-state index in [-0.39, 0.29) is 29.8 Å². The molecule has 0 unspecified atom stereocenters. The van der Waals surface area contributed by atoms with E-state index in [0.29, 0.717) is 31.0 Å². The summed E-state index contributed by atoms with van der Waals surface area (Å²) in [6.07, 6.45) is 3.64. The number of alkyl carbamates (subject to hydrolysis) is 2. The third-order valence-corrected chi connectivity index (χ3v) is 9.06. The molecule has 14 nitrogen and oxygen atoms in total. The van der Waals surface area contributed by atoms with Gasteiger partial charge in [-0.25, -0.2) is 14.6 Å². The van der Waals surface area contributed by atoms with E-state index in [4.69, 9.17) is 0 Å². The van der Waals surface area contributed by atoms with Crippen molar-refractivity contribution in [2.24, 2.45) is 0 Å². The molecule has 0 bridgehead atoms. The number of benzene rings is 2. The molecule has 3 aromatic rings. The fraction of sp³-hybridized carbons (Fsp3) is 0.429. The van der Waals surface area contributed by atoms with Crippen LogP contribution in [0, 0.1) is 0 Å². The molecule has 2 aliphatic rings. The first-order valence-electron chi connectivity index (χ1n) is 16.4. The van der Waals surface area contributed by atoms with Gasteiger partial charge in [-0.3, -0.25) is 14.4 Å². The highest BCUT2D eigenvalue weighted by Gasteiger charge is 2.35. The van der Waals surface area contributed by atoms with Gasteiger partial charge in [0.05, 0.1) is 32.2 Å². The zero-order chi connectivity index (χ0) is 35.1. The van der Waals surface area contributed by atoms with Crippen molar-refractivity contribution < 1.29 is 33.4 Å². The van der Waals surface area contributed by atoms with Crippen LogP contribution in [-0.2, 0) is 19.1 Å². The van der Waals surface area contributed by atoms with E-state index in [2.05, 4.69) is 35.4 Å². The van der Waals surface area contributed by atoms with E-state index in [1.54, 1.807) is 42.0 Å². The summed E-state index contributed by atoms with van der Waals surface area (Å²) in [7, 11) is 2.51. The van der Waals surface area contributed by atoms with Crippen LogP contribution < -0.4 is 16.0 Å². The van der Waals surface area contributed by atoms with Crippen LogP contribution in [0.2, 0.25) is 0 Å². The molecule has 0 radical (unpaired) electrons. The molecule has 3 heterocycles. The van der Waals surface area contributed by atoms with Crippen LogP contribution >= 0.6 is 0 Å². The second-order valence-corrected chi connectivity index (χ2v) is 12.3. The minimum atomic E-state index is -0.726. The van der Waals surface area contributed by atoms with Crippen LogP contribution in [0.3, 0.4) is 0 Å². The van der Waals surface area contributed by atoms with Crippen molar-refractivity contribution in [2.45, 2.75) is 63.7 Å². The first-order chi connectivity index (χ1) is 23.6. The Morgan fingerprint density at radius 2 is 1.33 bits per heavy atom. The van der Waals surface area contributed by atoms with Crippen molar-refractivity contribution in [2.75, 3.05) is 33.9 Å². The number of aromatic amines is 1. The lowest BCUT2D eigenvalue weighted by atomic mass is 10.0. The number of hydrogen-bond donors (Lipinski definition) is 4. The molecule has 5 amide bonds. The zero-order valence-corrected chi connectivity index (χ0v) is 28.2. The van der Waals surface area contributed by atoms with E-state index >= 15 is 0 Å². The lowest BCUT2D eigenvalue weighted by molar-refractivity contribution is -0.134. The van der Waals surface area contributed by atoms with Crippen LogP contribution in [-0.4, -0.2) is 102 Å². The summed E-state index contributed by atoms with van der Waals surface area (Å²) in [4.78, 5) is 73.3. The molecule has 2 aliphatic heterocycles. The number of rotatable bonds is 10. The Hall–Kier alpha value is -5.40. The summed E-state index contributed by atoms with van der Waals surface area (Å²) in [5, 5.41) is 7.99. The first kappa shape index (κ1) is 34.9. The molecule has 1 aromatic heterocycles. The molecular formula is C35H43N7O7. The average Bonchev–Trinajstić information content (AvgIpc) is 3.91. The molecule has 14 heteroatoms. The van der Waals surface area contributed by atoms with Crippen LogP contribution in [0.4, 0.5) is 9.59 Å². The summed E-state index contributed by atoms with van der Waals surface area (Å²) in [5.74, 6) is 0.0706. The summed E-state index contributed by atoms with van der Waals surface area (Å²) in [6, 6.07) is 13.5. The molecule has 260 valence electrons. The van der Waals surface area contributed by atoms with Gasteiger partial charge >= 0.3 is 12.2 Å². The summed E-state index contributed by atoms with van der Waals surface area (Å²) < 4.78 is 9.21. The number of imidazole rings is 1. The minimum Gasteiger partial charge on any atom is -0.453 e. The van der Waals surface area contributed by atoms with Crippen LogP contribution in [0.15, 0.2) is 54.7 Å². The molecular weight excluding hydrogens is 630 g/mol. The Labute approximate surface area is 284 Å². The Morgan fingerprint density at radius 3 is 1.94 bits per heavy atom. The lowest BCUT2D eigenvalue weighted by Crippen LogP contribution is -2.51. The van der Waals surface area contributed by atoms with Crippen molar-refractivity contribution in [1.29, 1.82) is 0 Å². The Morgan fingerprint density at radius 1 is 0.796 bits per heavy atom. The van der Waals surface area contributed by atoms with Gasteiger partial charge < -0.3 is 40.2 Å². The van der Waals surface area contributed by atoms with Crippen LogP contribution in [0.5, 0.6) is 0 Å². The topological polar surface area (TPSA) is 175 Å². The molecule has 0 saturated carbocycles. The van der Waals surface area contributed by atoms with E-state index in [9.17, 15) is 24.0 Å². The number of methoxy groups -OCH3 is 2. The highest BCUT2D eigenvalue weighted by atomic mass is 16.5. The van der Waals surface area contributed by atoms with Gasteiger partial charge in [0.25, 0.3) is 5.91 Å². The fourth-order valence-corrected chi connectivity index (χ4v) is 6.37. The largest absolute Gasteiger partial charge is 0.453 e. The summed E-state index contributed by atoms with van der Waals surface area (Å²) >= 11 is 0. The number of amides is 5. The second-order valence-electron chi connectivity index (χ2n) is 12.3. The molecule has 4 atom stereocenters. The number of likely N-dealkylation sites (tertiary alicyclic amines) is 2. The zero-order valence-electron chi connectivity index (χ0n) is 28.2. The van der Waals surface area contributed by atoms with E-state index in [1.807, 2.05) is 36.4 Å². The van der Waals surface area contributed by atoms with Crippen molar-refractivity contribution in [3.8, 4) is 22.4 Å². The predicted octanol–water partition coefficient (Wildman–Crippen LogP) is 3.62. The number of H-pyrrole nitrogens is 1. The highest BCUT2D eigenvalue weighted by molar-refractivity contribution is 5.95. The molecule has 4 N–H and O–H groups in total. The number of aromatic nitrogens is 2. The summed E-state index contributed by atoms with van der Waals surface area (Å²) in [5.41, 5.74) is 4.19. The quantitative estimate of drug-likeness (QED) is 0.252. The maximum absolute atomic E-state index is 13.0. The Balaban J connectivity index is 1.16. The van der Waals surface area contributed by atoms with Crippen molar-refractivity contribution >= 4 is 29.9 Å². The predicted molar refractivity (Wildman–Crippen MR) is 180 cm³/mol. The maximum atomic E-state index is 13.0. The van der Waals surface area contributed by atoms with E-state index < -0.39 is 24.3 Å². The number of hydrogen-bond acceptors (Lipinski definition) is 8. The molecule has 2 saturated heterocycles. The molecule has 2 fully saturated rings. The van der Waals surface area contributed by atoms with Gasteiger partial charge in [0.15, 0.2) is 0 Å². The second kappa shape index (κ2) is 15.7. The number of nitrogens with one attached hydrogen (secondary N) is 4. The highest BCUT2D eigenvalue weighted by Crippen LogP contribution is 2.32. The van der Waals surface area contributed by atoms with Gasteiger partial charge in [0.2, 0.25) is 11.8 Å². The molecule has 0 aliphatic carbocycles. The van der Waals surface area contributed by atoms with Crippen LogP contribution in [0.1, 0.15) is 61.8 Å². The number of ether oxygens (including phenoxy) is 2. The standard InChI is InChI=1S/C35H43N7O7/c1-21(38-34(46)48-3)32(44)41-17-5-7-27(41)19-37-31(43)26-15-11-24(12-16-26)23-9-13-25(14-10-23)28-20-36-30(40-28)29-8-6-18-42(29)33(45)22(2)39-35(47)49-4/h9-16,20-22,27,29H,5-8,17-19H2,1-4H3,(H,36,40)(H,37,43)(H,38,46)(H,39,47)/t21-,22-,27-,29-/m0/s1. The lowest BCUT2D eigenvalue weighted by Gasteiger charge is -2.27. The SMILES string of the molecule is COC(=O)N[C@@H](C)C(=O)N1CCC[C@H]1CNC(=O)c1ccc(-c2ccc(-c3cnc([C@@H]4CCCN4C(=O)[C@H](C)NC(=O)OC)[nH]3)cc2)cc1. The van der Waals surface area contributed by atoms with Crippen LogP contribution in [0.25, 0.3) is 22.4 Å². The van der Waals surface area contributed by atoms with Crippen molar-refractivity contribution in [1.82, 2.24) is 35.7 Å². The number of carbonyl (C=O) groups is 5. The van der Waals surface area contributed by atoms with Crippen molar-refractivity contribution in [3.63, 3.8) is 0 Å². The maximum Gasteiger partial charge on any atom is 0.407 e. The Bertz CT molecular complexity index is 1660. The first-order valence-corrected chi connectivity index (χ1v) is 16.4.